The Kier molecular flexibility index (Phi) is 5.25. The molecule has 2 nitrogen and oxygen atoms in total. The molecule has 4 heteroatoms. The second-order valence-corrected chi connectivity index (χ2v) is 7.48. The molecule has 0 aromatic carbocycles. The summed E-state index contributed by atoms with van der Waals surface area (Å²) in [6.07, 6.45) is 5.32. The molecule has 0 saturated heterocycles. The Bertz CT molecular complexity index is 432. The van der Waals surface area contributed by atoms with Gasteiger partial charge in [0, 0.05) is 34.9 Å². The fraction of sp³-hybridized carbons (Fsp3) is 0.500. The van der Waals surface area contributed by atoms with Crippen LogP contribution >= 0.6 is 22.7 Å². The minimum Gasteiger partial charge on any atom is -0.308 e. The predicted octanol–water partition coefficient (Wildman–Crippen LogP) is 4.00. The number of nitrogens with one attached hydrogen (secondary N) is 2. The molecule has 1 saturated carbocycles. The average molecular weight is 306 g/mol. The maximum Gasteiger partial charge on any atom is 0.0302 e. The van der Waals surface area contributed by atoms with Gasteiger partial charge in [-0.1, -0.05) is 25.0 Å². The van der Waals surface area contributed by atoms with Gasteiger partial charge in [0.25, 0.3) is 0 Å². The van der Waals surface area contributed by atoms with E-state index in [0.29, 0.717) is 12.1 Å². The molecular weight excluding hydrogens is 284 g/mol. The summed E-state index contributed by atoms with van der Waals surface area (Å²) in [5.74, 6) is 0. The summed E-state index contributed by atoms with van der Waals surface area (Å²) in [4.78, 5) is 2.88. The minimum atomic E-state index is 0.616. The summed E-state index contributed by atoms with van der Waals surface area (Å²) < 4.78 is 0. The van der Waals surface area contributed by atoms with Gasteiger partial charge in [-0.2, -0.15) is 0 Å². The monoisotopic (exact) mass is 306 g/mol. The summed E-state index contributed by atoms with van der Waals surface area (Å²) in [6.45, 7) is 2.03. The van der Waals surface area contributed by atoms with Crippen molar-refractivity contribution in [1.29, 1.82) is 0 Å². The maximum absolute atomic E-state index is 3.76. The summed E-state index contributed by atoms with van der Waals surface area (Å²) in [7, 11) is 0. The number of hydrogen-bond donors (Lipinski definition) is 2. The summed E-state index contributed by atoms with van der Waals surface area (Å²) in [5.41, 5.74) is 0. The summed E-state index contributed by atoms with van der Waals surface area (Å²) in [6, 6.07) is 9.93. The number of rotatable bonds is 6. The molecule has 108 valence electrons. The first-order valence-corrected chi connectivity index (χ1v) is 9.19. The Morgan fingerprint density at radius 3 is 1.75 bits per heavy atom. The molecule has 1 aliphatic carbocycles. The Hall–Kier alpha value is -0.680. The molecule has 1 fully saturated rings. The lowest BCUT2D eigenvalue weighted by Crippen LogP contribution is -2.49. The molecule has 1 aliphatic rings. The highest BCUT2D eigenvalue weighted by Gasteiger charge is 2.24. The van der Waals surface area contributed by atoms with E-state index in [1.54, 1.807) is 0 Å². The van der Waals surface area contributed by atoms with Crippen LogP contribution in [0.1, 0.15) is 35.4 Å². The van der Waals surface area contributed by atoms with Crippen molar-refractivity contribution < 1.29 is 0 Å². The van der Waals surface area contributed by atoms with Crippen molar-refractivity contribution in [1.82, 2.24) is 10.6 Å². The van der Waals surface area contributed by atoms with Crippen LogP contribution in [0, 0.1) is 0 Å². The van der Waals surface area contributed by atoms with E-state index in [-0.39, 0.29) is 0 Å². The van der Waals surface area contributed by atoms with Gasteiger partial charge in [0.2, 0.25) is 0 Å². The van der Waals surface area contributed by atoms with Crippen molar-refractivity contribution in [2.45, 2.75) is 50.9 Å². The van der Waals surface area contributed by atoms with Crippen molar-refractivity contribution in [2.24, 2.45) is 0 Å². The first-order valence-electron chi connectivity index (χ1n) is 7.43. The molecule has 0 amide bonds. The van der Waals surface area contributed by atoms with Crippen LogP contribution < -0.4 is 10.6 Å². The summed E-state index contributed by atoms with van der Waals surface area (Å²) >= 11 is 3.69. The highest BCUT2D eigenvalue weighted by Crippen LogP contribution is 2.20. The van der Waals surface area contributed by atoms with E-state index in [4.69, 9.17) is 0 Å². The second kappa shape index (κ2) is 7.36. The van der Waals surface area contributed by atoms with Crippen molar-refractivity contribution in [3.8, 4) is 0 Å². The Morgan fingerprint density at radius 1 is 0.850 bits per heavy atom. The first kappa shape index (κ1) is 14.3. The van der Waals surface area contributed by atoms with E-state index < -0.39 is 0 Å². The molecule has 0 unspecified atom stereocenters. The predicted molar refractivity (Wildman–Crippen MR) is 88.4 cm³/mol. The van der Waals surface area contributed by atoms with Gasteiger partial charge in [-0.3, -0.25) is 0 Å². The van der Waals surface area contributed by atoms with Crippen LogP contribution in [0.25, 0.3) is 0 Å². The van der Waals surface area contributed by atoms with Crippen molar-refractivity contribution in [3.63, 3.8) is 0 Å². The molecular formula is C16H22N2S2. The standard InChI is InChI=1S/C16H22N2S2/c1-2-8-16(18-12-14-6-4-10-20-14)15(7-1)17-11-13-5-3-9-19-13/h3-6,9-10,15-18H,1-2,7-8,11-12H2/t15-,16-/m0/s1. The van der Waals surface area contributed by atoms with Gasteiger partial charge in [-0.05, 0) is 35.7 Å². The molecule has 0 radical (unpaired) electrons. The van der Waals surface area contributed by atoms with Gasteiger partial charge in [-0.15, -0.1) is 22.7 Å². The fourth-order valence-corrected chi connectivity index (χ4v) is 4.22. The van der Waals surface area contributed by atoms with Gasteiger partial charge in [0.05, 0.1) is 0 Å². The second-order valence-electron chi connectivity index (χ2n) is 5.42. The average Bonchev–Trinajstić information content (AvgIpc) is 3.17. The van der Waals surface area contributed by atoms with Crippen molar-refractivity contribution >= 4 is 22.7 Å². The van der Waals surface area contributed by atoms with E-state index in [1.165, 1.54) is 35.4 Å². The van der Waals surface area contributed by atoms with E-state index in [2.05, 4.69) is 45.7 Å². The minimum absolute atomic E-state index is 0.616. The quantitative estimate of drug-likeness (QED) is 0.843. The topological polar surface area (TPSA) is 24.1 Å². The van der Waals surface area contributed by atoms with Gasteiger partial charge in [0.15, 0.2) is 0 Å². The lowest BCUT2D eigenvalue weighted by Gasteiger charge is -2.33. The molecule has 2 aromatic heterocycles. The lowest BCUT2D eigenvalue weighted by atomic mass is 9.90. The van der Waals surface area contributed by atoms with E-state index >= 15 is 0 Å². The zero-order valence-corrected chi connectivity index (χ0v) is 13.3. The SMILES string of the molecule is c1csc(CN[C@H]2CCCC[C@@H]2NCc2cccs2)c1. The smallest absolute Gasteiger partial charge is 0.0302 e. The Morgan fingerprint density at radius 2 is 1.35 bits per heavy atom. The Labute approximate surface area is 129 Å². The molecule has 20 heavy (non-hydrogen) atoms. The normalized spacial score (nSPS) is 23.0. The highest BCUT2D eigenvalue weighted by atomic mass is 32.1. The number of thiophene rings is 2. The lowest BCUT2D eigenvalue weighted by molar-refractivity contribution is 0.282. The molecule has 2 atom stereocenters. The van der Waals surface area contributed by atoms with Crippen molar-refractivity contribution in [2.75, 3.05) is 0 Å². The van der Waals surface area contributed by atoms with Crippen LogP contribution in [0.15, 0.2) is 35.0 Å². The third-order valence-electron chi connectivity index (χ3n) is 4.00. The molecule has 0 aliphatic heterocycles. The van der Waals surface area contributed by atoms with E-state index in [9.17, 15) is 0 Å². The maximum atomic E-state index is 3.76. The van der Waals surface area contributed by atoms with E-state index in [0.717, 1.165) is 13.1 Å². The van der Waals surface area contributed by atoms with Gasteiger partial charge >= 0.3 is 0 Å². The number of hydrogen-bond acceptors (Lipinski definition) is 4. The molecule has 2 aromatic rings. The third-order valence-corrected chi connectivity index (χ3v) is 5.76. The largest absolute Gasteiger partial charge is 0.308 e. The van der Waals surface area contributed by atoms with Crippen LogP contribution in [-0.4, -0.2) is 12.1 Å². The van der Waals surface area contributed by atoms with Gasteiger partial charge < -0.3 is 10.6 Å². The molecule has 2 N–H and O–H groups in total. The van der Waals surface area contributed by atoms with Crippen molar-refractivity contribution in [3.05, 3.63) is 44.8 Å². The molecule has 2 heterocycles. The fourth-order valence-electron chi connectivity index (χ4n) is 2.91. The van der Waals surface area contributed by atoms with Crippen LogP contribution in [0.5, 0.6) is 0 Å². The van der Waals surface area contributed by atoms with Crippen LogP contribution in [0.2, 0.25) is 0 Å². The molecule has 3 rings (SSSR count). The summed E-state index contributed by atoms with van der Waals surface area (Å²) in [5, 5.41) is 11.8. The third kappa shape index (κ3) is 3.92. The highest BCUT2D eigenvalue weighted by molar-refractivity contribution is 7.10. The Balaban J connectivity index is 1.50. The van der Waals surface area contributed by atoms with Crippen LogP contribution in [0.3, 0.4) is 0 Å². The first-order chi connectivity index (χ1) is 9.92. The molecule has 0 bridgehead atoms. The van der Waals surface area contributed by atoms with Gasteiger partial charge in [-0.25, -0.2) is 0 Å². The molecule has 0 spiro atoms. The zero-order valence-electron chi connectivity index (χ0n) is 11.7. The van der Waals surface area contributed by atoms with Crippen LogP contribution in [0.4, 0.5) is 0 Å². The van der Waals surface area contributed by atoms with E-state index in [1.807, 2.05) is 22.7 Å². The zero-order chi connectivity index (χ0) is 13.6. The van der Waals surface area contributed by atoms with Gasteiger partial charge in [0.1, 0.15) is 0 Å². The van der Waals surface area contributed by atoms with Crippen LogP contribution in [-0.2, 0) is 13.1 Å².